The van der Waals surface area contributed by atoms with Crippen LogP contribution in [0.1, 0.15) is 17.2 Å². The lowest BCUT2D eigenvalue weighted by Gasteiger charge is -2.15. The highest BCUT2D eigenvalue weighted by Gasteiger charge is 2.19. The van der Waals surface area contributed by atoms with Crippen molar-refractivity contribution in [3.05, 3.63) is 56.5 Å². The summed E-state index contributed by atoms with van der Waals surface area (Å²) in [5.41, 5.74) is 2.51. The summed E-state index contributed by atoms with van der Waals surface area (Å²) in [7, 11) is 4.94. The fraction of sp³-hybridized carbons (Fsp3) is 0.400. The number of nitrogens with zero attached hydrogens (tertiary/aromatic N) is 5. The van der Waals surface area contributed by atoms with Crippen LogP contribution in [0.15, 0.2) is 34.1 Å². The van der Waals surface area contributed by atoms with E-state index >= 15 is 0 Å². The number of hydrogen-bond donors (Lipinski definition) is 2. The lowest BCUT2D eigenvalue weighted by Crippen LogP contribution is -2.38. The van der Waals surface area contributed by atoms with Gasteiger partial charge in [-0.05, 0) is 23.6 Å². The molecule has 158 valence electrons. The molecule has 1 amide bonds. The van der Waals surface area contributed by atoms with Crippen molar-refractivity contribution < 1.29 is 9.90 Å². The molecule has 0 radical (unpaired) electrons. The molecule has 3 aromatic rings. The van der Waals surface area contributed by atoms with Gasteiger partial charge in [0.05, 0.1) is 12.4 Å². The highest BCUT2D eigenvalue weighted by Crippen LogP contribution is 2.29. The molecule has 0 aliphatic carbocycles. The van der Waals surface area contributed by atoms with E-state index in [-0.39, 0.29) is 30.2 Å². The zero-order valence-corrected chi connectivity index (χ0v) is 17.1. The number of benzene rings is 1. The van der Waals surface area contributed by atoms with Gasteiger partial charge in [0.2, 0.25) is 5.91 Å². The lowest BCUT2D eigenvalue weighted by molar-refractivity contribution is -0.122. The fourth-order valence-electron chi connectivity index (χ4n) is 3.85. The normalized spacial score (nSPS) is 14.2. The Balaban J connectivity index is 1.46. The average molecular weight is 412 g/mol. The van der Waals surface area contributed by atoms with Crippen LogP contribution in [-0.2, 0) is 31.9 Å². The Bertz CT molecular complexity index is 1250. The second kappa shape index (κ2) is 7.45. The number of aliphatic hydroxyl groups excluding tert-OH is 1. The van der Waals surface area contributed by atoms with Gasteiger partial charge in [0, 0.05) is 39.9 Å². The molecule has 0 spiro atoms. The summed E-state index contributed by atoms with van der Waals surface area (Å²) in [6.07, 6.45) is 1.46. The van der Waals surface area contributed by atoms with E-state index < -0.39 is 17.4 Å². The maximum Gasteiger partial charge on any atom is 0.332 e. The smallest absolute Gasteiger partial charge is 0.332 e. The Labute approximate surface area is 172 Å². The molecule has 3 heterocycles. The van der Waals surface area contributed by atoms with Crippen LogP contribution >= 0.6 is 0 Å². The summed E-state index contributed by atoms with van der Waals surface area (Å²) in [6.45, 7) is 0.859. The van der Waals surface area contributed by atoms with Gasteiger partial charge in [-0.3, -0.25) is 18.7 Å². The SMILES string of the molecule is CN1CCc2cc(C(O)CNC(=O)Cn3cnc4c3c(=O)n(C)c(=O)n4C)ccc21. The molecule has 1 aromatic carbocycles. The molecule has 10 heteroatoms. The first-order chi connectivity index (χ1) is 14.3. The van der Waals surface area contributed by atoms with Crippen LogP contribution in [0.4, 0.5) is 5.69 Å². The van der Waals surface area contributed by atoms with E-state index in [1.54, 1.807) is 0 Å². The summed E-state index contributed by atoms with van der Waals surface area (Å²) >= 11 is 0. The fourth-order valence-corrected chi connectivity index (χ4v) is 3.85. The van der Waals surface area contributed by atoms with Gasteiger partial charge >= 0.3 is 5.69 Å². The highest BCUT2D eigenvalue weighted by atomic mass is 16.3. The third-order valence-corrected chi connectivity index (χ3v) is 5.64. The van der Waals surface area contributed by atoms with Crippen LogP contribution in [0.5, 0.6) is 0 Å². The molecular formula is C20H24N6O4. The van der Waals surface area contributed by atoms with Crippen molar-refractivity contribution in [3.63, 3.8) is 0 Å². The second-order valence-electron chi connectivity index (χ2n) is 7.63. The number of carbonyl (C=O) groups is 1. The first-order valence-electron chi connectivity index (χ1n) is 9.67. The lowest BCUT2D eigenvalue weighted by atomic mass is 10.0. The van der Waals surface area contributed by atoms with Crippen LogP contribution in [0.25, 0.3) is 11.2 Å². The Hall–Kier alpha value is -3.40. The number of hydrogen-bond acceptors (Lipinski definition) is 6. The highest BCUT2D eigenvalue weighted by molar-refractivity contribution is 5.78. The van der Waals surface area contributed by atoms with E-state index in [2.05, 4.69) is 15.2 Å². The zero-order chi connectivity index (χ0) is 21.6. The van der Waals surface area contributed by atoms with Crippen LogP contribution in [-0.4, -0.2) is 49.8 Å². The van der Waals surface area contributed by atoms with Gasteiger partial charge in [-0.15, -0.1) is 0 Å². The van der Waals surface area contributed by atoms with E-state index in [0.29, 0.717) is 0 Å². The summed E-state index contributed by atoms with van der Waals surface area (Å²) in [6, 6.07) is 5.83. The molecular weight excluding hydrogens is 388 g/mol. The molecule has 2 N–H and O–H groups in total. The molecule has 10 nitrogen and oxygen atoms in total. The van der Waals surface area contributed by atoms with Crippen molar-refractivity contribution in [2.24, 2.45) is 14.1 Å². The molecule has 4 rings (SSSR count). The van der Waals surface area contributed by atoms with Gasteiger partial charge in [-0.25, -0.2) is 9.78 Å². The maximum atomic E-state index is 12.4. The number of aliphatic hydroxyl groups is 1. The first kappa shape index (κ1) is 19.9. The number of likely N-dealkylation sites (N-methyl/N-ethyl adjacent to an activating group) is 1. The number of rotatable bonds is 5. The predicted octanol–water partition coefficient (Wildman–Crippen LogP) is -0.724. The molecule has 1 aliphatic rings. The van der Waals surface area contributed by atoms with E-state index in [4.69, 9.17) is 0 Å². The number of fused-ring (bicyclic) bond motifs is 2. The quantitative estimate of drug-likeness (QED) is 0.572. The van der Waals surface area contributed by atoms with Gasteiger partial charge in [-0.2, -0.15) is 0 Å². The number of anilines is 1. The standard InChI is InChI=1S/C20H24N6O4/c1-23-7-6-12-8-13(4-5-14(12)23)15(27)9-21-16(28)10-26-11-22-18-17(26)19(29)25(3)20(30)24(18)2/h4-5,8,11,15,27H,6-7,9-10H2,1-3H3,(H,21,28). The Kier molecular flexibility index (Phi) is 4.94. The molecule has 0 saturated carbocycles. The monoisotopic (exact) mass is 412 g/mol. The van der Waals surface area contributed by atoms with Crippen molar-refractivity contribution in [3.8, 4) is 0 Å². The van der Waals surface area contributed by atoms with Gasteiger partial charge in [0.25, 0.3) is 5.56 Å². The minimum atomic E-state index is -0.835. The third-order valence-electron chi connectivity index (χ3n) is 5.64. The summed E-state index contributed by atoms with van der Waals surface area (Å²) in [5.74, 6) is -0.370. The van der Waals surface area contributed by atoms with E-state index in [1.807, 2.05) is 25.2 Å². The number of amides is 1. The number of nitrogens with one attached hydrogen (secondary N) is 1. The number of carbonyl (C=O) groups excluding carboxylic acids is 1. The predicted molar refractivity (Wildman–Crippen MR) is 112 cm³/mol. The summed E-state index contributed by atoms with van der Waals surface area (Å²) < 4.78 is 3.65. The Morgan fingerprint density at radius 3 is 2.77 bits per heavy atom. The van der Waals surface area contributed by atoms with Crippen LogP contribution < -0.4 is 21.5 Å². The van der Waals surface area contributed by atoms with Crippen LogP contribution in [0.2, 0.25) is 0 Å². The first-order valence-corrected chi connectivity index (χ1v) is 9.67. The summed E-state index contributed by atoms with van der Waals surface area (Å²) in [5, 5.41) is 13.2. The van der Waals surface area contributed by atoms with Crippen LogP contribution in [0.3, 0.4) is 0 Å². The molecule has 0 bridgehead atoms. The Morgan fingerprint density at radius 1 is 1.23 bits per heavy atom. The average Bonchev–Trinajstić information content (AvgIpc) is 3.32. The minimum Gasteiger partial charge on any atom is -0.387 e. The van der Waals surface area contributed by atoms with Crippen molar-refractivity contribution in [1.82, 2.24) is 24.0 Å². The summed E-state index contributed by atoms with van der Waals surface area (Å²) in [4.78, 5) is 43.1. The molecule has 2 aromatic heterocycles. The van der Waals surface area contributed by atoms with Crippen molar-refractivity contribution in [2.75, 3.05) is 25.0 Å². The molecule has 30 heavy (non-hydrogen) atoms. The molecule has 1 atom stereocenters. The van der Waals surface area contributed by atoms with Gasteiger partial charge in [0.15, 0.2) is 11.2 Å². The van der Waals surface area contributed by atoms with Crippen molar-refractivity contribution >= 4 is 22.8 Å². The number of aromatic nitrogens is 4. The number of aryl methyl sites for hydroxylation is 1. The molecule has 0 saturated heterocycles. The molecule has 1 unspecified atom stereocenters. The van der Waals surface area contributed by atoms with Crippen molar-refractivity contribution in [1.29, 1.82) is 0 Å². The minimum absolute atomic E-state index is 0.0522. The molecule has 0 fully saturated rings. The third kappa shape index (κ3) is 3.28. The van der Waals surface area contributed by atoms with Gasteiger partial charge in [-0.1, -0.05) is 12.1 Å². The van der Waals surface area contributed by atoms with E-state index in [1.165, 1.54) is 35.1 Å². The van der Waals surface area contributed by atoms with Crippen molar-refractivity contribution in [2.45, 2.75) is 19.1 Å². The largest absolute Gasteiger partial charge is 0.387 e. The van der Waals surface area contributed by atoms with E-state index in [0.717, 1.165) is 28.8 Å². The number of imidazole rings is 1. The second-order valence-corrected chi connectivity index (χ2v) is 7.63. The van der Waals surface area contributed by atoms with Crippen LogP contribution in [0, 0.1) is 0 Å². The maximum absolute atomic E-state index is 12.4. The molecule has 1 aliphatic heterocycles. The Morgan fingerprint density at radius 2 is 2.00 bits per heavy atom. The topological polar surface area (TPSA) is 114 Å². The zero-order valence-electron chi connectivity index (χ0n) is 17.1. The van der Waals surface area contributed by atoms with Gasteiger partial charge < -0.3 is 19.9 Å². The van der Waals surface area contributed by atoms with E-state index in [9.17, 15) is 19.5 Å². The van der Waals surface area contributed by atoms with Gasteiger partial charge in [0.1, 0.15) is 6.54 Å².